The summed E-state index contributed by atoms with van der Waals surface area (Å²) >= 11 is 0. The molecule has 3 amide bonds. The Labute approximate surface area is 286 Å². The number of amides is 3. The first-order valence-corrected chi connectivity index (χ1v) is 17.4. The van der Waals surface area contributed by atoms with Crippen LogP contribution in [0.15, 0.2) is 90.3 Å². The largest absolute Gasteiger partial charge is 0.448 e. The van der Waals surface area contributed by atoms with Crippen LogP contribution >= 0.6 is 0 Å². The van der Waals surface area contributed by atoms with Gasteiger partial charge in [-0.05, 0) is 24.1 Å². The van der Waals surface area contributed by atoms with E-state index in [1.54, 1.807) is 55.5 Å². The molecule has 3 aliphatic rings. The number of ether oxygens (including phenoxy) is 2. The normalized spacial score (nSPS) is 19.7. The number of hydrogen-bond donors (Lipinski definition) is 0. The monoisotopic (exact) mass is 704 g/mol. The van der Waals surface area contributed by atoms with E-state index in [9.17, 15) is 37.7 Å². The molecule has 0 bridgehead atoms. The second kappa shape index (κ2) is 13.8. The van der Waals surface area contributed by atoms with Gasteiger partial charge in [-0.3, -0.25) is 38.5 Å². The third-order valence-electron chi connectivity index (χ3n) is 8.72. The van der Waals surface area contributed by atoms with Crippen molar-refractivity contribution in [3.63, 3.8) is 0 Å². The molecule has 3 aromatic carbocycles. The molecule has 0 spiro atoms. The summed E-state index contributed by atoms with van der Waals surface area (Å²) in [6.45, 7) is 2.26. The van der Waals surface area contributed by atoms with E-state index in [-0.39, 0.29) is 16.8 Å². The van der Waals surface area contributed by atoms with E-state index in [1.165, 1.54) is 0 Å². The summed E-state index contributed by atoms with van der Waals surface area (Å²) in [7, 11) is -4.12. The minimum atomic E-state index is -4.12. The molecule has 3 aromatic rings. The van der Waals surface area contributed by atoms with Crippen LogP contribution in [0.2, 0.25) is 0 Å². The zero-order valence-electron chi connectivity index (χ0n) is 27.0. The van der Waals surface area contributed by atoms with Crippen molar-refractivity contribution >= 4 is 39.5 Å². The Balaban J connectivity index is 1.41. The number of non-ortho nitro benzene ring substituents is 1. The SMILES string of the molecule is C/C(=C(/C(=O)OC(c1ccccc1)c1ccccc1)N1C(=O)[C@@H](N2C(=O)c3ccc([N+](=O)[O-])cc3C2=O)[C@H]1COS(C)(=O)=O)N1CCOCC1. The fourth-order valence-corrected chi connectivity index (χ4v) is 6.66. The highest BCUT2D eigenvalue weighted by Crippen LogP contribution is 2.39. The number of benzene rings is 3. The molecule has 0 aliphatic carbocycles. The molecule has 15 nitrogen and oxygen atoms in total. The van der Waals surface area contributed by atoms with Crippen LogP contribution in [0, 0.1) is 10.1 Å². The molecule has 3 heterocycles. The van der Waals surface area contributed by atoms with Gasteiger partial charge in [-0.15, -0.1) is 0 Å². The molecule has 0 N–H and O–H groups in total. The minimum absolute atomic E-state index is 0.164. The second-order valence-electron chi connectivity index (χ2n) is 11.8. The predicted octanol–water partition coefficient (Wildman–Crippen LogP) is 2.64. The molecule has 50 heavy (non-hydrogen) atoms. The Morgan fingerprint density at radius 1 is 0.940 bits per heavy atom. The number of imide groups is 1. The van der Waals surface area contributed by atoms with E-state index in [2.05, 4.69) is 0 Å². The number of carbonyl (C=O) groups is 4. The van der Waals surface area contributed by atoms with E-state index < -0.39 is 69.2 Å². The van der Waals surface area contributed by atoms with Gasteiger partial charge >= 0.3 is 5.97 Å². The number of allylic oxidation sites excluding steroid dienone is 1. The zero-order chi connectivity index (χ0) is 35.7. The van der Waals surface area contributed by atoms with Crippen molar-refractivity contribution in [1.82, 2.24) is 14.7 Å². The number of β-lactam (4-membered cyclic amide) rings is 1. The van der Waals surface area contributed by atoms with Crippen LogP contribution in [-0.2, 0) is 33.4 Å². The zero-order valence-corrected chi connectivity index (χ0v) is 27.8. The van der Waals surface area contributed by atoms with Gasteiger partial charge in [0.2, 0.25) is 0 Å². The number of likely N-dealkylation sites (tertiary alicyclic amines) is 1. The average molecular weight is 705 g/mol. The van der Waals surface area contributed by atoms with E-state index in [0.717, 1.165) is 29.4 Å². The van der Waals surface area contributed by atoms with Crippen LogP contribution in [0.5, 0.6) is 0 Å². The molecule has 2 atom stereocenters. The molecule has 0 radical (unpaired) electrons. The number of rotatable bonds is 11. The summed E-state index contributed by atoms with van der Waals surface area (Å²) < 4.78 is 41.1. The van der Waals surface area contributed by atoms with Crippen LogP contribution in [0.3, 0.4) is 0 Å². The molecular formula is C34H32N4O11S. The molecule has 0 aromatic heterocycles. The first-order chi connectivity index (χ1) is 23.9. The average Bonchev–Trinajstić information content (AvgIpc) is 3.35. The first-order valence-electron chi connectivity index (χ1n) is 15.6. The number of nitro groups is 1. The molecular weight excluding hydrogens is 672 g/mol. The van der Waals surface area contributed by atoms with E-state index in [1.807, 2.05) is 17.0 Å². The maximum absolute atomic E-state index is 14.4. The number of morpholine rings is 1. The lowest BCUT2D eigenvalue weighted by Crippen LogP contribution is -2.73. The highest BCUT2D eigenvalue weighted by Gasteiger charge is 2.59. The van der Waals surface area contributed by atoms with Crippen LogP contribution in [0.4, 0.5) is 5.69 Å². The van der Waals surface area contributed by atoms with Crippen LogP contribution in [0.25, 0.3) is 0 Å². The van der Waals surface area contributed by atoms with Crippen LogP contribution in [-0.4, -0.2) is 103 Å². The maximum Gasteiger partial charge on any atom is 0.357 e. The number of fused-ring (bicyclic) bond motifs is 1. The first kappa shape index (κ1) is 34.4. The quantitative estimate of drug-likeness (QED) is 0.0542. The van der Waals surface area contributed by atoms with Gasteiger partial charge in [-0.2, -0.15) is 8.42 Å². The second-order valence-corrected chi connectivity index (χ2v) is 13.5. The van der Waals surface area contributed by atoms with Gasteiger partial charge in [0, 0.05) is 30.9 Å². The Bertz CT molecular complexity index is 1960. The Morgan fingerprint density at radius 2 is 1.52 bits per heavy atom. The topological polar surface area (TPSA) is 183 Å². The van der Waals surface area contributed by atoms with Gasteiger partial charge in [0.1, 0.15) is 11.7 Å². The summed E-state index contributed by atoms with van der Waals surface area (Å²) in [5.41, 5.74) is 0.465. The lowest BCUT2D eigenvalue weighted by atomic mass is 9.92. The van der Waals surface area contributed by atoms with Gasteiger partial charge in [-0.25, -0.2) is 4.79 Å². The maximum atomic E-state index is 14.4. The van der Waals surface area contributed by atoms with Crippen molar-refractivity contribution in [2.75, 3.05) is 39.2 Å². The molecule has 2 saturated heterocycles. The molecule has 0 unspecified atom stereocenters. The third kappa shape index (κ3) is 6.59. The molecule has 260 valence electrons. The highest BCUT2D eigenvalue weighted by molar-refractivity contribution is 7.85. The number of esters is 1. The van der Waals surface area contributed by atoms with Crippen LogP contribution < -0.4 is 0 Å². The number of carbonyl (C=O) groups excluding carboxylic acids is 4. The van der Waals surface area contributed by atoms with Gasteiger partial charge < -0.3 is 14.4 Å². The van der Waals surface area contributed by atoms with Crippen molar-refractivity contribution in [3.05, 3.63) is 123 Å². The molecule has 6 rings (SSSR count). The summed E-state index contributed by atoms with van der Waals surface area (Å²) in [5.74, 6) is -3.71. The van der Waals surface area contributed by atoms with Crippen molar-refractivity contribution in [2.24, 2.45) is 0 Å². The standard InChI is InChI=1S/C34H32N4O11S/c1-21(35-15-17-47-18-16-35)28(34(42)49-30(22-9-5-3-6-10-22)23-11-7-4-8-12-23)36-27(20-48-50(2,45)46)29(33(36)41)37-31(39)25-14-13-24(38(43)44)19-26(25)32(37)40/h3-14,19,27,29-30H,15-18,20H2,1-2H3/b28-21+/t27-,29+/m1/s1. The van der Waals surface area contributed by atoms with E-state index in [4.69, 9.17) is 13.7 Å². The van der Waals surface area contributed by atoms with Gasteiger partial charge in [-0.1, -0.05) is 60.7 Å². The van der Waals surface area contributed by atoms with Crippen molar-refractivity contribution < 1.29 is 46.2 Å². The van der Waals surface area contributed by atoms with Crippen molar-refractivity contribution in [2.45, 2.75) is 25.1 Å². The van der Waals surface area contributed by atoms with Gasteiger partial charge in [0.15, 0.2) is 6.10 Å². The van der Waals surface area contributed by atoms with Gasteiger partial charge in [0.05, 0.1) is 48.2 Å². The Morgan fingerprint density at radius 3 is 2.08 bits per heavy atom. The lowest BCUT2D eigenvalue weighted by Gasteiger charge is -2.50. The fraction of sp³-hybridized carbons (Fsp3) is 0.294. The molecule has 0 saturated carbocycles. The van der Waals surface area contributed by atoms with E-state index >= 15 is 0 Å². The smallest absolute Gasteiger partial charge is 0.357 e. The number of nitro benzene ring substituents is 1. The summed E-state index contributed by atoms with van der Waals surface area (Å²) in [4.78, 5) is 69.9. The third-order valence-corrected chi connectivity index (χ3v) is 9.29. The number of hydrogen-bond acceptors (Lipinski definition) is 12. The predicted molar refractivity (Wildman–Crippen MR) is 175 cm³/mol. The number of nitrogens with zero attached hydrogens (tertiary/aromatic N) is 4. The highest BCUT2D eigenvalue weighted by atomic mass is 32.2. The van der Waals surface area contributed by atoms with Gasteiger partial charge in [0.25, 0.3) is 33.5 Å². The molecule has 16 heteroatoms. The Kier molecular flexibility index (Phi) is 9.51. The molecule has 2 fully saturated rings. The van der Waals surface area contributed by atoms with Crippen molar-refractivity contribution in [3.8, 4) is 0 Å². The summed E-state index contributed by atoms with van der Waals surface area (Å²) in [6.07, 6.45) is -0.121. The summed E-state index contributed by atoms with van der Waals surface area (Å²) in [5, 5.41) is 11.4. The fourth-order valence-electron chi connectivity index (χ4n) is 6.28. The minimum Gasteiger partial charge on any atom is -0.448 e. The van der Waals surface area contributed by atoms with Crippen molar-refractivity contribution in [1.29, 1.82) is 0 Å². The molecule has 3 aliphatic heterocycles. The summed E-state index contributed by atoms with van der Waals surface area (Å²) in [6, 6.07) is 18.0. The van der Waals surface area contributed by atoms with Crippen LogP contribution in [0.1, 0.15) is 44.9 Å². The Hall–Kier alpha value is -5.45. The van der Waals surface area contributed by atoms with E-state index in [0.29, 0.717) is 48.0 Å². The lowest BCUT2D eigenvalue weighted by molar-refractivity contribution is -0.384.